The molecule has 0 aromatic heterocycles. The van der Waals surface area contributed by atoms with E-state index in [0.717, 1.165) is 33.1 Å². The smallest absolute Gasteiger partial charge is 0.293 e. The Kier molecular flexibility index (Phi) is 7.03. The molecular formula is C22H22BrNO4S. The summed E-state index contributed by atoms with van der Waals surface area (Å²) in [4.78, 5) is 26.5. The number of aryl methyl sites for hydroxylation is 1. The van der Waals surface area contributed by atoms with Crippen molar-refractivity contribution >= 4 is 44.9 Å². The number of rotatable bonds is 7. The zero-order valence-electron chi connectivity index (χ0n) is 16.5. The maximum atomic E-state index is 12.6. The van der Waals surface area contributed by atoms with E-state index in [1.54, 1.807) is 6.08 Å². The van der Waals surface area contributed by atoms with Gasteiger partial charge in [0, 0.05) is 0 Å². The van der Waals surface area contributed by atoms with E-state index < -0.39 is 0 Å². The Balaban J connectivity index is 1.63. The molecule has 0 saturated carbocycles. The lowest BCUT2D eigenvalue weighted by Crippen LogP contribution is -2.32. The molecule has 1 aliphatic heterocycles. The van der Waals surface area contributed by atoms with Gasteiger partial charge in [-0.3, -0.25) is 14.5 Å². The van der Waals surface area contributed by atoms with Crippen LogP contribution in [-0.4, -0.2) is 35.3 Å². The molecule has 2 amide bonds. The normalized spacial score (nSPS) is 15.5. The first-order chi connectivity index (χ1) is 13.8. The lowest BCUT2D eigenvalue weighted by molar-refractivity contribution is -0.123. The van der Waals surface area contributed by atoms with Gasteiger partial charge in [-0.25, -0.2) is 0 Å². The van der Waals surface area contributed by atoms with E-state index in [9.17, 15) is 9.59 Å². The highest BCUT2D eigenvalue weighted by Gasteiger charge is 2.34. The van der Waals surface area contributed by atoms with Gasteiger partial charge < -0.3 is 9.47 Å². The van der Waals surface area contributed by atoms with Crippen molar-refractivity contribution in [2.24, 2.45) is 0 Å². The van der Waals surface area contributed by atoms with Crippen LogP contribution in [-0.2, 0) is 4.79 Å². The van der Waals surface area contributed by atoms with Gasteiger partial charge in [-0.2, -0.15) is 0 Å². The highest BCUT2D eigenvalue weighted by atomic mass is 79.9. The molecule has 0 N–H and O–H groups in total. The molecule has 0 spiro atoms. The standard InChI is InChI=1S/C22H22BrNO4S/c1-14(2)28-19-9-6-16(12-18(19)23)13-20-21(25)24(22(26)29-20)10-11-27-17-7-4-15(3)5-8-17/h4-9,12-14H,10-11H2,1-3H3/b20-13-. The Labute approximate surface area is 183 Å². The topological polar surface area (TPSA) is 55.8 Å². The molecule has 0 radical (unpaired) electrons. The van der Waals surface area contributed by atoms with Crippen molar-refractivity contribution in [3.05, 3.63) is 63.0 Å². The molecule has 2 aromatic carbocycles. The maximum Gasteiger partial charge on any atom is 0.293 e. The highest BCUT2D eigenvalue weighted by molar-refractivity contribution is 9.10. The summed E-state index contributed by atoms with van der Waals surface area (Å²) in [6, 6.07) is 13.2. The average Bonchev–Trinajstić information content (AvgIpc) is 2.92. The van der Waals surface area contributed by atoms with Gasteiger partial charge in [0.2, 0.25) is 0 Å². The van der Waals surface area contributed by atoms with Crippen molar-refractivity contribution in [2.45, 2.75) is 26.9 Å². The number of hydrogen-bond donors (Lipinski definition) is 0. The number of thioether (sulfide) groups is 1. The number of halogens is 1. The molecule has 1 aliphatic rings. The fourth-order valence-electron chi connectivity index (χ4n) is 2.69. The molecule has 0 atom stereocenters. The lowest BCUT2D eigenvalue weighted by atomic mass is 10.2. The van der Waals surface area contributed by atoms with Gasteiger partial charge in [0.25, 0.3) is 11.1 Å². The molecule has 1 heterocycles. The minimum atomic E-state index is -0.300. The van der Waals surface area contributed by atoms with Gasteiger partial charge in [-0.05, 0) is 84.4 Å². The van der Waals surface area contributed by atoms with Crippen molar-refractivity contribution in [1.82, 2.24) is 4.90 Å². The van der Waals surface area contributed by atoms with Crippen LogP contribution in [0, 0.1) is 6.92 Å². The first-order valence-electron chi connectivity index (χ1n) is 9.24. The van der Waals surface area contributed by atoms with Gasteiger partial charge in [-0.1, -0.05) is 23.8 Å². The molecular weight excluding hydrogens is 454 g/mol. The van der Waals surface area contributed by atoms with Gasteiger partial charge in [0.1, 0.15) is 18.1 Å². The van der Waals surface area contributed by atoms with Crippen molar-refractivity contribution < 1.29 is 19.1 Å². The van der Waals surface area contributed by atoms with Crippen molar-refractivity contribution in [2.75, 3.05) is 13.2 Å². The summed E-state index contributed by atoms with van der Waals surface area (Å²) in [7, 11) is 0. The van der Waals surface area contributed by atoms with Crippen LogP contribution in [0.3, 0.4) is 0 Å². The minimum Gasteiger partial charge on any atom is -0.492 e. The van der Waals surface area contributed by atoms with Crippen LogP contribution in [0.5, 0.6) is 11.5 Å². The monoisotopic (exact) mass is 475 g/mol. The van der Waals surface area contributed by atoms with Gasteiger partial charge in [0.05, 0.1) is 22.0 Å². The molecule has 1 fully saturated rings. The number of benzene rings is 2. The van der Waals surface area contributed by atoms with Gasteiger partial charge >= 0.3 is 0 Å². The molecule has 5 nitrogen and oxygen atoms in total. The number of amides is 2. The lowest BCUT2D eigenvalue weighted by Gasteiger charge is -2.13. The number of imide groups is 1. The van der Waals surface area contributed by atoms with Gasteiger partial charge in [-0.15, -0.1) is 0 Å². The third-order valence-electron chi connectivity index (χ3n) is 4.09. The SMILES string of the molecule is Cc1ccc(OCCN2C(=O)S/C(=C\c3ccc(OC(C)C)c(Br)c3)C2=O)cc1. The predicted molar refractivity (Wildman–Crippen MR) is 119 cm³/mol. The quantitative estimate of drug-likeness (QED) is 0.483. The van der Waals surface area contributed by atoms with Gasteiger partial charge in [0.15, 0.2) is 0 Å². The summed E-state index contributed by atoms with van der Waals surface area (Å²) in [5.74, 6) is 1.15. The van der Waals surface area contributed by atoms with E-state index in [-0.39, 0.29) is 30.4 Å². The van der Waals surface area contributed by atoms with Crippen LogP contribution in [0.25, 0.3) is 6.08 Å². The molecule has 0 unspecified atom stereocenters. The van der Waals surface area contributed by atoms with Crippen LogP contribution in [0.4, 0.5) is 4.79 Å². The van der Waals surface area contributed by atoms with Crippen LogP contribution >= 0.6 is 27.7 Å². The number of carbonyl (C=O) groups excluding carboxylic acids is 2. The Morgan fingerprint density at radius 3 is 2.52 bits per heavy atom. The maximum absolute atomic E-state index is 12.6. The van der Waals surface area contributed by atoms with E-state index in [4.69, 9.17) is 9.47 Å². The molecule has 0 aliphatic carbocycles. The molecule has 0 bridgehead atoms. The Morgan fingerprint density at radius 2 is 1.86 bits per heavy atom. The minimum absolute atomic E-state index is 0.0655. The summed E-state index contributed by atoms with van der Waals surface area (Å²) < 4.78 is 12.1. The Morgan fingerprint density at radius 1 is 1.14 bits per heavy atom. The summed E-state index contributed by atoms with van der Waals surface area (Å²) in [5, 5.41) is -0.285. The summed E-state index contributed by atoms with van der Waals surface area (Å²) >= 11 is 4.43. The van der Waals surface area contributed by atoms with E-state index in [2.05, 4.69) is 15.9 Å². The number of carbonyl (C=O) groups is 2. The Hall–Kier alpha value is -2.25. The van der Waals surface area contributed by atoms with Crippen LogP contribution < -0.4 is 9.47 Å². The second kappa shape index (κ2) is 9.50. The molecule has 29 heavy (non-hydrogen) atoms. The molecule has 152 valence electrons. The average molecular weight is 476 g/mol. The van der Waals surface area contributed by atoms with Crippen LogP contribution in [0.2, 0.25) is 0 Å². The van der Waals surface area contributed by atoms with E-state index in [1.807, 2.05) is 63.2 Å². The largest absolute Gasteiger partial charge is 0.492 e. The van der Waals surface area contributed by atoms with E-state index >= 15 is 0 Å². The van der Waals surface area contributed by atoms with Crippen LogP contribution in [0.15, 0.2) is 51.8 Å². The van der Waals surface area contributed by atoms with E-state index in [0.29, 0.717) is 10.7 Å². The molecule has 2 aromatic rings. The fraction of sp³-hybridized carbons (Fsp3) is 0.273. The Bertz CT molecular complexity index is 940. The second-order valence-corrected chi connectivity index (χ2v) is 8.70. The molecule has 7 heteroatoms. The first kappa shape index (κ1) is 21.5. The predicted octanol–water partition coefficient (Wildman–Crippen LogP) is 5.66. The summed E-state index contributed by atoms with van der Waals surface area (Å²) in [6.45, 7) is 6.37. The third kappa shape index (κ3) is 5.64. The highest BCUT2D eigenvalue weighted by Crippen LogP contribution is 2.34. The fourth-order valence-corrected chi connectivity index (χ4v) is 4.04. The van der Waals surface area contributed by atoms with Crippen LogP contribution in [0.1, 0.15) is 25.0 Å². The third-order valence-corrected chi connectivity index (χ3v) is 5.62. The number of nitrogens with zero attached hydrogens (tertiary/aromatic N) is 1. The van der Waals surface area contributed by atoms with Crippen molar-refractivity contribution in [3.8, 4) is 11.5 Å². The number of ether oxygens (including phenoxy) is 2. The van der Waals surface area contributed by atoms with Crippen molar-refractivity contribution in [1.29, 1.82) is 0 Å². The van der Waals surface area contributed by atoms with Crippen molar-refractivity contribution in [3.63, 3.8) is 0 Å². The summed E-state index contributed by atoms with van der Waals surface area (Å²) in [6.07, 6.45) is 1.78. The summed E-state index contributed by atoms with van der Waals surface area (Å²) in [5.41, 5.74) is 1.96. The van der Waals surface area contributed by atoms with E-state index in [1.165, 1.54) is 4.90 Å². The second-order valence-electron chi connectivity index (χ2n) is 6.85. The number of hydrogen-bond acceptors (Lipinski definition) is 5. The molecule has 3 rings (SSSR count). The first-order valence-corrected chi connectivity index (χ1v) is 10.9. The zero-order chi connectivity index (χ0) is 21.0. The molecule has 1 saturated heterocycles. The zero-order valence-corrected chi connectivity index (χ0v) is 18.9.